The van der Waals surface area contributed by atoms with Crippen LogP contribution in [-0.4, -0.2) is 24.6 Å². The second kappa shape index (κ2) is 6.94. The second-order valence-electron chi connectivity index (χ2n) is 5.82. The summed E-state index contributed by atoms with van der Waals surface area (Å²) >= 11 is -2.52. The van der Waals surface area contributed by atoms with Gasteiger partial charge in [0.1, 0.15) is 0 Å². The Bertz CT molecular complexity index is 625. The minimum absolute atomic E-state index is 0.0232. The van der Waals surface area contributed by atoms with E-state index in [1.807, 2.05) is 60.7 Å². The molecule has 0 amide bonds. The van der Waals surface area contributed by atoms with Crippen molar-refractivity contribution in [1.29, 1.82) is 0 Å². The summed E-state index contributed by atoms with van der Waals surface area (Å²) in [5.41, 5.74) is 1.63. The number of hydrogen-bond donors (Lipinski definition) is 0. The van der Waals surface area contributed by atoms with Gasteiger partial charge in [0.05, 0.1) is 0 Å². The zero-order chi connectivity index (χ0) is 15.3. The summed E-state index contributed by atoms with van der Waals surface area (Å²) in [7, 11) is 0. The standard InChI is InChI=1S/C15H12O2.3CH3.Sn/c16-14(12-7-3-1-4-8-12)11-15(17)13-9-5-2-6-10-13;;;;/h1-11,16H;3*1H3;/q;;;;+1/p-1/b14-11-;;;;. The molecule has 0 heterocycles. The number of ketones is 1. The van der Waals surface area contributed by atoms with E-state index in [0.29, 0.717) is 11.3 Å². The van der Waals surface area contributed by atoms with E-state index in [4.69, 9.17) is 3.07 Å². The zero-order valence-electron chi connectivity index (χ0n) is 12.7. The van der Waals surface area contributed by atoms with Crippen molar-refractivity contribution in [2.45, 2.75) is 14.8 Å². The molecule has 0 aromatic heterocycles. The van der Waals surface area contributed by atoms with Crippen molar-refractivity contribution >= 4 is 30.3 Å². The van der Waals surface area contributed by atoms with Crippen LogP contribution in [0, 0.1) is 0 Å². The summed E-state index contributed by atoms with van der Waals surface area (Å²) in [6.45, 7) is 0. The first-order chi connectivity index (χ1) is 9.96. The molecule has 0 aliphatic rings. The fourth-order valence-corrected chi connectivity index (χ4v) is 4.30. The van der Waals surface area contributed by atoms with Gasteiger partial charge in [0.15, 0.2) is 0 Å². The van der Waals surface area contributed by atoms with Crippen molar-refractivity contribution in [2.24, 2.45) is 0 Å². The van der Waals surface area contributed by atoms with Gasteiger partial charge in [0.25, 0.3) is 0 Å². The first-order valence-electron chi connectivity index (χ1n) is 7.01. The molecule has 0 fully saturated rings. The molecule has 0 bridgehead atoms. The van der Waals surface area contributed by atoms with Gasteiger partial charge in [-0.1, -0.05) is 0 Å². The Morgan fingerprint density at radius 1 is 0.857 bits per heavy atom. The van der Waals surface area contributed by atoms with E-state index in [9.17, 15) is 4.79 Å². The van der Waals surface area contributed by atoms with Gasteiger partial charge < -0.3 is 0 Å². The van der Waals surface area contributed by atoms with Crippen LogP contribution < -0.4 is 0 Å². The van der Waals surface area contributed by atoms with E-state index in [0.717, 1.165) is 5.56 Å². The molecule has 0 spiro atoms. The summed E-state index contributed by atoms with van der Waals surface area (Å²) < 4.78 is 6.17. The van der Waals surface area contributed by atoms with Crippen molar-refractivity contribution in [2.75, 3.05) is 0 Å². The molecule has 21 heavy (non-hydrogen) atoms. The Hall–Kier alpha value is -1.55. The third-order valence-corrected chi connectivity index (χ3v) is 5.17. The topological polar surface area (TPSA) is 26.3 Å². The summed E-state index contributed by atoms with van der Waals surface area (Å²) in [5, 5.41) is 0. The normalized spacial score (nSPS) is 12.0. The summed E-state index contributed by atoms with van der Waals surface area (Å²) in [6, 6.07) is 19.1. The molecule has 2 rings (SSSR count). The first-order valence-corrected chi connectivity index (χ1v) is 16.7. The van der Waals surface area contributed by atoms with Crippen LogP contribution in [0.2, 0.25) is 14.8 Å². The summed E-state index contributed by atoms with van der Waals surface area (Å²) in [5.74, 6) is 0.665. The van der Waals surface area contributed by atoms with Crippen LogP contribution in [0.5, 0.6) is 0 Å². The molecule has 108 valence electrons. The van der Waals surface area contributed by atoms with Gasteiger partial charge >= 0.3 is 131 Å². The number of benzene rings is 2. The van der Waals surface area contributed by atoms with E-state index in [1.54, 1.807) is 6.08 Å². The van der Waals surface area contributed by atoms with Crippen LogP contribution in [0.25, 0.3) is 5.76 Å². The maximum absolute atomic E-state index is 12.4. The predicted molar refractivity (Wildman–Crippen MR) is 89.6 cm³/mol. The SMILES string of the molecule is [CH3][Sn]([CH3])([CH3])[O]/C(=C\C(=O)c1ccccc1)c1ccccc1. The fourth-order valence-electron chi connectivity index (χ4n) is 1.91. The summed E-state index contributed by atoms with van der Waals surface area (Å²) in [6.07, 6.45) is 1.62. The van der Waals surface area contributed by atoms with Gasteiger partial charge in [-0.2, -0.15) is 0 Å². The fraction of sp³-hybridized carbons (Fsp3) is 0.167. The van der Waals surface area contributed by atoms with E-state index < -0.39 is 18.8 Å². The van der Waals surface area contributed by atoms with Crippen LogP contribution in [-0.2, 0) is 3.07 Å². The molecule has 2 nitrogen and oxygen atoms in total. The van der Waals surface area contributed by atoms with Crippen LogP contribution in [0.1, 0.15) is 15.9 Å². The van der Waals surface area contributed by atoms with Gasteiger partial charge in [-0.25, -0.2) is 0 Å². The van der Waals surface area contributed by atoms with Gasteiger partial charge in [0, 0.05) is 0 Å². The molecule has 3 heteroatoms. The number of carbonyl (C=O) groups excluding carboxylic acids is 1. The van der Waals surface area contributed by atoms with E-state index in [1.165, 1.54) is 0 Å². The third kappa shape index (κ3) is 5.05. The first kappa shape index (κ1) is 15.8. The van der Waals surface area contributed by atoms with Crippen LogP contribution in [0.4, 0.5) is 0 Å². The Labute approximate surface area is 130 Å². The van der Waals surface area contributed by atoms with Gasteiger partial charge in [-0.15, -0.1) is 0 Å². The number of allylic oxidation sites excluding steroid dienone is 1. The Morgan fingerprint density at radius 3 is 1.81 bits per heavy atom. The molecule has 2 aromatic rings. The molecule has 0 N–H and O–H groups in total. The van der Waals surface area contributed by atoms with Crippen molar-refractivity contribution in [3.05, 3.63) is 77.9 Å². The van der Waals surface area contributed by atoms with Crippen molar-refractivity contribution < 1.29 is 7.87 Å². The molecular formula is C18H20O2Sn. The van der Waals surface area contributed by atoms with Gasteiger partial charge in [-0.05, 0) is 0 Å². The number of rotatable bonds is 5. The molecule has 0 aliphatic carbocycles. The number of hydrogen-bond acceptors (Lipinski definition) is 2. The van der Waals surface area contributed by atoms with Gasteiger partial charge in [-0.3, -0.25) is 0 Å². The maximum atomic E-state index is 12.4. The monoisotopic (exact) mass is 388 g/mol. The molecule has 2 aromatic carbocycles. The third-order valence-electron chi connectivity index (χ3n) is 2.79. The quantitative estimate of drug-likeness (QED) is 0.320. The molecular weight excluding hydrogens is 367 g/mol. The molecule has 0 saturated carbocycles. The average molecular weight is 387 g/mol. The molecule has 0 aliphatic heterocycles. The van der Waals surface area contributed by atoms with E-state index in [-0.39, 0.29) is 5.78 Å². The summed E-state index contributed by atoms with van der Waals surface area (Å²) in [4.78, 5) is 18.9. The number of carbonyl (C=O) groups is 1. The van der Waals surface area contributed by atoms with Crippen LogP contribution in [0.15, 0.2) is 66.7 Å². The van der Waals surface area contributed by atoms with Crippen molar-refractivity contribution in [3.63, 3.8) is 0 Å². The molecule has 0 atom stereocenters. The second-order valence-corrected chi connectivity index (χ2v) is 18.5. The predicted octanol–water partition coefficient (Wildman–Crippen LogP) is 4.76. The van der Waals surface area contributed by atoms with Gasteiger partial charge in [0.2, 0.25) is 0 Å². The van der Waals surface area contributed by atoms with Crippen molar-refractivity contribution in [1.82, 2.24) is 0 Å². The Balaban J connectivity index is 2.36. The Morgan fingerprint density at radius 2 is 1.33 bits per heavy atom. The Kier molecular flexibility index (Phi) is 5.23. The molecule has 0 saturated heterocycles. The van der Waals surface area contributed by atoms with Crippen LogP contribution >= 0.6 is 0 Å². The zero-order valence-corrected chi connectivity index (χ0v) is 15.5. The van der Waals surface area contributed by atoms with E-state index >= 15 is 0 Å². The van der Waals surface area contributed by atoms with E-state index in [2.05, 4.69) is 14.8 Å². The molecule has 0 unspecified atom stereocenters. The minimum atomic E-state index is -2.52. The van der Waals surface area contributed by atoms with Crippen molar-refractivity contribution in [3.8, 4) is 0 Å². The average Bonchev–Trinajstić information content (AvgIpc) is 2.47. The molecule has 0 radical (unpaired) electrons. The van der Waals surface area contributed by atoms with Crippen LogP contribution in [0.3, 0.4) is 0 Å².